The fourth-order valence-corrected chi connectivity index (χ4v) is 18.6. The Hall–Kier alpha value is -1.36. The fourth-order valence-electron chi connectivity index (χ4n) is 18.6. The van der Waals surface area contributed by atoms with Gasteiger partial charge in [-0.25, -0.2) is 0 Å². The average molecular weight is 1410 g/mol. The van der Waals surface area contributed by atoms with Crippen molar-refractivity contribution in [3.8, 4) is 0 Å². The quantitative estimate of drug-likeness (QED) is 0.0448. The lowest BCUT2D eigenvalue weighted by atomic mass is 9.44. The molecule has 34 heteroatoms. The molecule has 0 radical (unpaired) electrons. The third-order valence-corrected chi connectivity index (χ3v) is 24.3. The molecule has 4 aliphatic carbocycles. The van der Waals surface area contributed by atoms with Crippen LogP contribution in [0.1, 0.15) is 91.9 Å². The second-order valence-electron chi connectivity index (χ2n) is 29.9. The van der Waals surface area contributed by atoms with Crippen molar-refractivity contribution in [1.82, 2.24) is 0 Å². The van der Waals surface area contributed by atoms with Crippen LogP contribution in [0.15, 0.2) is 0 Å². The standard InChI is InChI=1S/C63H106O34/c1-22(21-85-55-46(79)42(75)37(70)30(15-64)87-55)7-12-63(84)23(2)36-29(97-63)14-28-26-6-5-24-13-25(8-10-61(24,3)27(26)9-11-62(28,36)4)86-56-49(82)45(78)51(35(20-69)92-56)93-60-54(53(41(74)34(19-68)91-60)95-58-48(81)44(77)39(72)32(17-66)89-58)96-59-50(83)52(40(73)33(18-67)90-59)94-57-47(80)43(76)38(71)31(16-65)88-57/h22-60,64-84H,5-21H2,1-4H3/t22-,23+,24+,25+,26-,27+,28+,29+,30-,31-,32-,33-,34-,35-,36+,37-,38-,39-,40-,41-,42+,43+,44+,45-,46-,47-,48-,49-,50-,51+,52+,53+,54-,55-,56-,57+,58+,59+,60+,61+,62+,63+/m1/s1. The first-order valence-corrected chi connectivity index (χ1v) is 34.4. The molecule has 0 aromatic heterocycles. The minimum absolute atomic E-state index is 0.0836. The van der Waals surface area contributed by atoms with Crippen molar-refractivity contribution in [2.45, 2.75) is 294 Å². The van der Waals surface area contributed by atoms with Gasteiger partial charge in [0.15, 0.2) is 43.5 Å². The Morgan fingerprint density at radius 3 is 1.42 bits per heavy atom. The fraction of sp³-hybridized carbons (Fsp3) is 1.00. The molecule has 21 N–H and O–H groups in total. The summed E-state index contributed by atoms with van der Waals surface area (Å²) in [5.41, 5.74) is -0.179. The van der Waals surface area contributed by atoms with Gasteiger partial charge >= 0.3 is 0 Å². The van der Waals surface area contributed by atoms with E-state index in [1.807, 2.05) is 6.92 Å². The molecule has 34 nitrogen and oxygen atoms in total. The van der Waals surface area contributed by atoms with Gasteiger partial charge in [-0.05, 0) is 104 Å². The van der Waals surface area contributed by atoms with E-state index in [2.05, 4.69) is 20.8 Å². The van der Waals surface area contributed by atoms with E-state index in [1.165, 1.54) is 0 Å². The maximum absolute atomic E-state index is 12.2. The Bertz CT molecular complexity index is 2510. The van der Waals surface area contributed by atoms with Crippen molar-refractivity contribution in [3.05, 3.63) is 0 Å². The van der Waals surface area contributed by atoms with E-state index in [9.17, 15) is 107 Å². The van der Waals surface area contributed by atoms with Gasteiger partial charge in [0, 0.05) is 12.3 Å². The van der Waals surface area contributed by atoms with Crippen molar-refractivity contribution in [1.29, 1.82) is 0 Å². The van der Waals surface area contributed by atoms with Crippen LogP contribution in [0, 0.1) is 52.3 Å². The highest BCUT2D eigenvalue weighted by Gasteiger charge is 2.69. The van der Waals surface area contributed by atoms with Crippen molar-refractivity contribution in [2.24, 2.45) is 52.3 Å². The number of hydrogen-bond acceptors (Lipinski definition) is 34. The molecule has 4 saturated carbocycles. The number of fused-ring (bicyclic) bond motifs is 7. The Labute approximate surface area is 559 Å². The van der Waals surface area contributed by atoms with Crippen LogP contribution in [0.25, 0.3) is 0 Å². The zero-order valence-electron chi connectivity index (χ0n) is 54.7. The number of aliphatic hydroxyl groups is 21. The summed E-state index contributed by atoms with van der Waals surface area (Å²) in [7, 11) is 0. The molecule has 7 saturated heterocycles. The van der Waals surface area contributed by atoms with Gasteiger partial charge in [0.05, 0.1) is 58.5 Å². The molecule has 7 heterocycles. The Balaban J connectivity index is 0.743. The highest BCUT2D eigenvalue weighted by Crippen LogP contribution is 2.71. The highest BCUT2D eigenvalue weighted by atomic mass is 16.8. The maximum atomic E-state index is 12.2. The third kappa shape index (κ3) is 14.4. The molecule has 0 aromatic carbocycles. The monoisotopic (exact) mass is 1410 g/mol. The molecule has 0 unspecified atom stereocenters. The number of ether oxygens (including phenoxy) is 13. The molecular formula is C63H106O34. The summed E-state index contributed by atoms with van der Waals surface area (Å²) >= 11 is 0. The van der Waals surface area contributed by atoms with Gasteiger partial charge in [0.2, 0.25) is 0 Å². The van der Waals surface area contributed by atoms with Crippen LogP contribution in [-0.4, -0.2) is 356 Å². The highest BCUT2D eigenvalue weighted by molar-refractivity contribution is 5.15. The molecule has 562 valence electrons. The van der Waals surface area contributed by atoms with Crippen LogP contribution in [-0.2, 0) is 61.6 Å². The lowest BCUT2D eigenvalue weighted by Crippen LogP contribution is -2.69. The molecule has 11 rings (SSSR count). The van der Waals surface area contributed by atoms with Crippen molar-refractivity contribution in [3.63, 3.8) is 0 Å². The zero-order valence-corrected chi connectivity index (χ0v) is 54.7. The SMILES string of the molecule is C[C@H](CC[C@]1(O)O[C@H]2C[C@H]3[C@@H]4CC[C@H]5C[C@@H](O[C@@H]6O[C@H](CO)[C@H](O[C@@H]7O[C@H](CO)[C@@H](O)[C@H](O[C@@H]8O[C@H](CO)[C@@H](O)[C@H](O)[C@H]8O)[C@H]7O[C@@H]7O[C@H](CO)[C@@H](O)[C@H](O[C@@H]8O[C@H](CO)[C@@H](O)[C@H](O)[C@H]8O)[C@H]7O)[C@H](O)[C@H]6O)CC[C@]5(C)[C@H]4CC[C@]3(C)[C@H]2[C@@H]1C)CO[C@@H]1O[C@H](CO)[C@@H](O)[C@H](O)[C@H]1O. The normalized spacial score (nSPS) is 55.1. The molecule has 0 aromatic rings. The van der Waals surface area contributed by atoms with Gasteiger partial charge in [0.25, 0.3) is 0 Å². The summed E-state index contributed by atoms with van der Waals surface area (Å²) in [6.45, 7) is 3.54. The van der Waals surface area contributed by atoms with Crippen LogP contribution < -0.4 is 0 Å². The van der Waals surface area contributed by atoms with Gasteiger partial charge in [-0.2, -0.15) is 0 Å². The predicted octanol–water partition coefficient (Wildman–Crippen LogP) is -8.31. The summed E-state index contributed by atoms with van der Waals surface area (Å²) < 4.78 is 78.0. The van der Waals surface area contributed by atoms with Crippen LogP contribution in [0.3, 0.4) is 0 Å². The average Bonchev–Trinajstić information content (AvgIpc) is 1.57. The molecule has 11 fully saturated rings. The summed E-state index contributed by atoms with van der Waals surface area (Å²) in [6.07, 6.45) is -48.2. The first-order chi connectivity index (χ1) is 46.0. The number of hydrogen-bond donors (Lipinski definition) is 21. The third-order valence-electron chi connectivity index (χ3n) is 24.3. The van der Waals surface area contributed by atoms with Gasteiger partial charge in [-0.3, -0.25) is 0 Å². The summed E-state index contributed by atoms with van der Waals surface area (Å²) in [4.78, 5) is 0. The van der Waals surface area contributed by atoms with Gasteiger partial charge in [-0.1, -0.05) is 27.7 Å². The maximum Gasteiger partial charge on any atom is 0.187 e. The number of aliphatic hydroxyl groups excluding tert-OH is 20. The Morgan fingerprint density at radius 2 is 0.856 bits per heavy atom. The minimum Gasteiger partial charge on any atom is -0.394 e. The first-order valence-electron chi connectivity index (χ1n) is 34.4. The smallest absolute Gasteiger partial charge is 0.187 e. The molecule has 7 aliphatic heterocycles. The van der Waals surface area contributed by atoms with E-state index in [0.717, 1.165) is 38.5 Å². The molecule has 0 amide bonds. The van der Waals surface area contributed by atoms with Gasteiger partial charge in [0.1, 0.15) is 146 Å². The van der Waals surface area contributed by atoms with Gasteiger partial charge in [-0.15, -0.1) is 0 Å². The predicted molar refractivity (Wildman–Crippen MR) is 317 cm³/mol. The van der Waals surface area contributed by atoms with Crippen molar-refractivity contribution < 1.29 is 169 Å². The van der Waals surface area contributed by atoms with E-state index in [0.29, 0.717) is 43.4 Å². The van der Waals surface area contributed by atoms with E-state index in [4.69, 9.17) is 61.6 Å². The lowest BCUT2D eigenvalue weighted by Gasteiger charge is -2.61. The van der Waals surface area contributed by atoms with E-state index < -0.39 is 236 Å². The minimum atomic E-state index is -2.25. The Morgan fingerprint density at radius 1 is 0.412 bits per heavy atom. The largest absolute Gasteiger partial charge is 0.394 e. The van der Waals surface area contributed by atoms with Crippen LogP contribution >= 0.6 is 0 Å². The Kier molecular flexibility index (Phi) is 24.5. The second-order valence-corrected chi connectivity index (χ2v) is 29.9. The topological polar surface area (TPSA) is 545 Å². The molecule has 11 aliphatic rings. The van der Waals surface area contributed by atoms with E-state index >= 15 is 0 Å². The molecule has 42 atom stereocenters. The molecule has 97 heavy (non-hydrogen) atoms. The first kappa shape index (κ1) is 76.8. The summed E-state index contributed by atoms with van der Waals surface area (Å²) in [5, 5.41) is 228. The molecule has 0 spiro atoms. The molecule has 0 bridgehead atoms. The lowest BCUT2D eigenvalue weighted by molar-refractivity contribution is -0.411. The zero-order chi connectivity index (χ0) is 70.2. The van der Waals surface area contributed by atoms with E-state index in [1.54, 1.807) is 0 Å². The van der Waals surface area contributed by atoms with Crippen LogP contribution in [0.5, 0.6) is 0 Å². The molecular weight excluding hydrogens is 1300 g/mol. The van der Waals surface area contributed by atoms with E-state index in [-0.39, 0.29) is 47.2 Å². The van der Waals surface area contributed by atoms with Crippen molar-refractivity contribution in [2.75, 3.05) is 46.2 Å². The summed E-state index contributed by atoms with van der Waals surface area (Å²) in [5.74, 6) is -0.219. The second kappa shape index (κ2) is 31.0. The van der Waals surface area contributed by atoms with Crippen LogP contribution in [0.4, 0.5) is 0 Å². The van der Waals surface area contributed by atoms with Gasteiger partial charge < -0.3 is 169 Å². The summed E-state index contributed by atoms with van der Waals surface area (Å²) in [6, 6.07) is 0. The van der Waals surface area contributed by atoms with Crippen molar-refractivity contribution >= 4 is 0 Å². The van der Waals surface area contributed by atoms with Crippen LogP contribution in [0.2, 0.25) is 0 Å². The number of rotatable bonds is 22.